The van der Waals surface area contributed by atoms with Crippen LogP contribution >= 0.6 is 11.6 Å². The Morgan fingerprint density at radius 3 is 2.29 bits per heavy atom. The number of benzene rings is 2. The van der Waals surface area contributed by atoms with Gasteiger partial charge in [0.25, 0.3) is 5.91 Å². The third-order valence-corrected chi connectivity index (χ3v) is 4.14. The summed E-state index contributed by atoms with van der Waals surface area (Å²) in [5.74, 6) is -1.78. The molecule has 0 bridgehead atoms. The van der Waals surface area contributed by atoms with E-state index in [0.717, 1.165) is 5.56 Å². The molecule has 0 heterocycles. The van der Waals surface area contributed by atoms with Gasteiger partial charge >= 0.3 is 5.97 Å². The fourth-order valence-electron chi connectivity index (χ4n) is 2.24. The Morgan fingerprint density at radius 2 is 1.61 bits per heavy atom. The number of carbonyl (C=O) groups excluding carboxylic acids is 3. The van der Waals surface area contributed by atoms with Crippen molar-refractivity contribution in [1.29, 1.82) is 0 Å². The van der Waals surface area contributed by atoms with Gasteiger partial charge in [0.1, 0.15) is 5.82 Å². The fraction of sp³-hybridized carbons (Fsp3) is 0.250. The van der Waals surface area contributed by atoms with Crippen molar-refractivity contribution in [1.82, 2.24) is 0 Å². The van der Waals surface area contributed by atoms with Gasteiger partial charge in [0.15, 0.2) is 6.61 Å². The molecule has 8 heteroatoms. The Kier molecular flexibility index (Phi) is 7.95. The molecule has 2 N–H and O–H groups in total. The number of aryl methyl sites for hydroxylation is 1. The normalized spacial score (nSPS) is 10.2. The molecule has 0 aliphatic heterocycles. The number of carbonyl (C=O) groups is 3. The zero-order valence-corrected chi connectivity index (χ0v) is 16.0. The van der Waals surface area contributed by atoms with Gasteiger partial charge in [-0.1, -0.05) is 17.7 Å². The lowest BCUT2D eigenvalue weighted by atomic mass is 10.2. The van der Waals surface area contributed by atoms with Crippen molar-refractivity contribution in [2.75, 3.05) is 17.2 Å². The smallest absolute Gasteiger partial charge is 0.306 e. The lowest BCUT2D eigenvalue weighted by Gasteiger charge is -2.08. The second-order valence-electron chi connectivity index (χ2n) is 6.08. The highest BCUT2D eigenvalue weighted by atomic mass is 35.5. The number of anilines is 2. The van der Waals surface area contributed by atoms with Gasteiger partial charge < -0.3 is 15.4 Å². The highest BCUT2D eigenvalue weighted by Crippen LogP contribution is 2.20. The van der Waals surface area contributed by atoms with Crippen LogP contribution in [0.5, 0.6) is 0 Å². The standard InChI is InChI=1S/C20H20ClFN2O4/c1-13-5-8-16(11-17(13)21)24-18(25)3-2-4-20(27)28-12-19(26)23-15-9-6-14(22)7-10-15/h5-11H,2-4,12H2,1H3,(H,23,26)(H,24,25). The third kappa shape index (κ3) is 7.36. The van der Waals surface area contributed by atoms with Crippen LogP contribution in [0.25, 0.3) is 0 Å². The SMILES string of the molecule is Cc1ccc(NC(=O)CCCC(=O)OCC(=O)Nc2ccc(F)cc2)cc1Cl. The lowest BCUT2D eigenvalue weighted by Crippen LogP contribution is -2.21. The van der Waals surface area contributed by atoms with E-state index in [1.54, 1.807) is 18.2 Å². The van der Waals surface area contributed by atoms with Crippen molar-refractivity contribution in [3.63, 3.8) is 0 Å². The predicted molar refractivity (Wildman–Crippen MR) is 105 cm³/mol. The summed E-state index contributed by atoms with van der Waals surface area (Å²) in [6.07, 6.45) is 0.415. The molecular weight excluding hydrogens is 387 g/mol. The number of ether oxygens (including phenoxy) is 1. The molecular formula is C20H20ClFN2O4. The highest BCUT2D eigenvalue weighted by molar-refractivity contribution is 6.31. The molecule has 0 aliphatic rings. The van der Waals surface area contributed by atoms with Crippen LogP contribution < -0.4 is 10.6 Å². The van der Waals surface area contributed by atoms with Crippen LogP contribution in [0, 0.1) is 12.7 Å². The molecule has 0 radical (unpaired) electrons. The van der Waals surface area contributed by atoms with E-state index in [-0.39, 0.29) is 25.2 Å². The number of esters is 1. The van der Waals surface area contributed by atoms with E-state index in [1.165, 1.54) is 24.3 Å². The summed E-state index contributed by atoms with van der Waals surface area (Å²) in [6.45, 7) is 1.41. The largest absolute Gasteiger partial charge is 0.456 e. The van der Waals surface area contributed by atoms with Crippen molar-refractivity contribution in [2.24, 2.45) is 0 Å². The average Bonchev–Trinajstić information content (AvgIpc) is 2.65. The molecule has 28 heavy (non-hydrogen) atoms. The quantitative estimate of drug-likeness (QED) is 0.647. The van der Waals surface area contributed by atoms with Crippen LogP contribution in [0.1, 0.15) is 24.8 Å². The van der Waals surface area contributed by atoms with E-state index in [4.69, 9.17) is 16.3 Å². The monoisotopic (exact) mass is 406 g/mol. The number of rotatable bonds is 8. The molecule has 0 saturated carbocycles. The van der Waals surface area contributed by atoms with E-state index in [9.17, 15) is 18.8 Å². The molecule has 0 atom stereocenters. The van der Waals surface area contributed by atoms with Crippen LogP contribution in [0.4, 0.5) is 15.8 Å². The molecule has 0 unspecified atom stereocenters. The average molecular weight is 407 g/mol. The van der Waals surface area contributed by atoms with Crippen LogP contribution in [0.3, 0.4) is 0 Å². The lowest BCUT2D eigenvalue weighted by molar-refractivity contribution is -0.147. The molecule has 0 aromatic heterocycles. The van der Waals surface area contributed by atoms with Gasteiger partial charge in [0.2, 0.25) is 5.91 Å². The van der Waals surface area contributed by atoms with Gasteiger partial charge in [0, 0.05) is 29.2 Å². The predicted octanol–water partition coefficient (Wildman–Crippen LogP) is 4.08. The van der Waals surface area contributed by atoms with Crippen molar-refractivity contribution in [3.8, 4) is 0 Å². The number of nitrogens with one attached hydrogen (secondary N) is 2. The van der Waals surface area contributed by atoms with Gasteiger partial charge in [-0.15, -0.1) is 0 Å². The van der Waals surface area contributed by atoms with E-state index in [2.05, 4.69) is 10.6 Å². The van der Waals surface area contributed by atoms with Gasteiger partial charge in [-0.3, -0.25) is 14.4 Å². The molecule has 6 nitrogen and oxygen atoms in total. The summed E-state index contributed by atoms with van der Waals surface area (Å²) < 4.78 is 17.6. The minimum Gasteiger partial charge on any atom is -0.456 e. The molecule has 0 spiro atoms. The summed E-state index contributed by atoms with van der Waals surface area (Å²) in [7, 11) is 0. The van der Waals surface area contributed by atoms with Crippen molar-refractivity contribution in [2.45, 2.75) is 26.2 Å². The van der Waals surface area contributed by atoms with E-state index >= 15 is 0 Å². The van der Waals surface area contributed by atoms with E-state index in [0.29, 0.717) is 16.4 Å². The Labute approximate surface area is 167 Å². The summed E-state index contributed by atoms with van der Waals surface area (Å²) in [6, 6.07) is 10.4. The molecule has 0 aliphatic carbocycles. The zero-order valence-electron chi connectivity index (χ0n) is 15.3. The molecule has 0 fully saturated rings. The van der Waals surface area contributed by atoms with Crippen LogP contribution in [-0.4, -0.2) is 24.4 Å². The molecule has 0 saturated heterocycles. The maximum absolute atomic E-state index is 12.8. The maximum Gasteiger partial charge on any atom is 0.306 e. The summed E-state index contributed by atoms with van der Waals surface area (Å²) in [4.78, 5) is 35.2. The summed E-state index contributed by atoms with van der Waals surface area (Å²) >= 11 is 6.00. The molecule has 2 aromatic carbocycles. The zero-order chi connectivity index (χ0) is 20.5. The second-order valence-corrected chi connectivity index (χ2v) is 6.49. The molecule has 148 valence electrons. The first-order chi connectivity index (χ1) is 13.3. The second kappa shape index (κ2) is 10.4. The van der Waals surface area contributed by atoms with Crippen molar-refractivity contribution in [3.05, 3.63) is 58.9 Å². The first kappa shape index (κ1) is 21.4. The molecule has 2 rings (SSSR count). The number of hydrogen-bond donors (Lipinski definition) is 2. The van der Waals surface area contributed by atoms with Gasteiger partial charge in [-0.2, -0.15) is 0 Å². The van der Waals surface area contributed by atoms with Crippen LogP contribution in [-0.2, 0) is 19.1 Å². The highest BCUT2D eigenvalue weighted by Gasteiger charge is 2.10. The summed E-state index contributed by atoms with van der Waals surface area (Å²) in [5, 5.41) is 5.73. The maximum atomic E-state index is 12.8. The Balaban J connectivity index is 1.63. The fourth-order valence-corrected chi connectivity index (χ4v) is 2.42. The number of amides is 2. The Morgan fingerprint density at radius 1 is 0.964 bits per heavy atom. The number of halogens is 2. The minimum atomic E-state index is -0.583. The molecule has 2 aromatic rings. The summed E-state index contributed by atoms with van der Waals surface area (Å²) in [5.41, 5.74) is 1.89. The number of hydrogen-bond acceptors (Lipinski definition) is 4. The topological polar surface area (TPSA) is 84.5 Å². The van der Waals surface area contributed by atoms with E-state index < -0.39 is 24.3 Å². The van der Waals surface area contributed by atoms with Gasteiger partial charge in [-0.25, -0.2) is 4.39 Å². The van der Waals surface area contributed by atoms with Crippen molar-refractivity contribution >= 4 is 40.8 Å². The van der Waals surface area contributed by atoms with Crippen LogP contribution in [0.2, 0.25) is 5.02 Å². The molecule has 2 amide bonds. The first-order valence-electron chi connectivity index (χ1n) is 8.60. The van der Waals surface area contributed by atoms with Crippen molar-refractivity contribution < 1.29 is 23.5 Å². The van der Waals surface area contributed by atoms with Gasteiger partial charge in [-0.05, 0) is 55.3 Å². The van der Waals surface area contributed by atoms with E-state index in [1.807, 2.05) is 6.92 Å². The Bertz CT molecular complexity index is 856. The van der Waals surface area contributed by atoms with Gasteiger partial charge in [0.05, 0.1) is 0 Å². The third-order valence-electron chi connectivity index (χ3n) is 3.73. The first-order valence-corrected chi connectivity index (χ1v) is 8.98. The minimum absolute atomic E-state index is 0.00586. The Hall–Kier alpha value is -2.93. The van der Waals surface area contributed by atoms with Crippen LogP contribution in [0.15, 0.2) is 42.5 Å².